The SMILES string of the molecule is CCCC(CC(C)CC(C)(C)C)C(C)CC. The molecule has 0 saturated carbocycles. The third-order valence-corrected chi connectivity index (χ3v) is 3.77. The molecule has 0 aromatic heterocycles. The molecule has 0 bridgehead atoms. The average Bonchev–Trinajstić information content (AvgIpc) is 2.13. The van der Waals surface area contributed by atoms with Crippen molar-refractivity contribution in [2.45, 2.75) is 80.6 Å². The summed E-state index contributed by atoms with van der Waals surface area (Å²) in [4.78, 5) is 0. The zero-order valence-electron chi connectivity index (χ0n) is 12.8. The smallest absolute Gasteiger partial charge is 0.0380 e. The molecule has 98 valence electrons. The van der Waals surface area contributed by atoms with Gasteiger partial charge in [-0.1, -0.05) is 67.7 Å². The van der Waals surface area contributed by atoms with E-state index in [1.807, 2.05) is 0 Å². The van der Waals surface area contributed by atoms with Gasteiger partial charge in [-0.3, -0.25) is 0 Å². The third-order valence-electron chi connectivity index (χ3n) is 3.77. The first kappa shape index (κ1) is 16.0. The number of rotatable bonds is 7. The normalized spacial score (nSPS) is 18.2. The van der Waals surface area contributed by atoms with Gasteiger partial charge in [0.1, 0.15) is 0 Å². The second kappa shape index (κ2) is 7.35. The number of hydrogen-bond donors (Lipinski definition) is 0. The van der Waals surface area contributed by atoms with E-state index in [-0.39, 0.29) is 0 Å². The molecule has 3 unspecified atom stereocenters. The minimum absolute atomic E-state index is 0.492. The van der Waals surface area contributed by atoms with Crippen LogP contribution in [0, 0.1) is 23.2 Å². The monoisotopic (exact) mass is 226 g/mol. The highest BCUT2D eigenvalue weighted by molar-refractivity contribution is 4.72. The molecule has 0 aliphatic rings. The highest BCUT2D eigenvalue weighted by atomic mass is 14.3. The minimum atomic E-state index is 0.492. The van der Waals surface area contributed by atoms with Gasteiger partial charge in [0.05, 0.1) is 0 Å². The van der Waals surface area contributed by atoms with Gasteiger partial charge < -0.3 is 0 Å². The first-order valence-electron chi connectivity index (χ1n) is 7.30. The van der Waals surface area contributed by atoms with Crippen molar-refractivity contribution in [3.8, 4) is 0 Å². The van der Waals surface area contributed by atoms with E-state index in [0.717, 1.165) is 17.8 Å². The molecule has 0 saturated heterocycles. The van der Waals surface area contributed by atoms with E-state index in [2.05, 4.69) is 48.5 Å². The Morgan fingerprint density at radius 3 is 1.94 bits per heavy atom. The second-order valence-corrected chi connectivity index (χ2v) is 7.04. The average molecular weight is 226 g/mol. The van der Waals surface area contributed by atoms with Crippen molar-refractivity contribution in [1.29, 1.82) is 0 Å². The predicted molar refractivity (Wildman–Crippen MR) is 75.7 cm³/mol. The molecular weight excluding hydrogens is 192 g/mol. The van der Waals surface area contributed by atoms with Crippen molar-refractivity contribution in [2.75, 3.05) is 0 Å². The molecule has 0 aliphatic heterocycles. The van der Waals surface area contributed by atoms with Crippen molar-refractivity contribution in [3.05, 3.63) is 0 Å². The molecule has 0 N–H and O–H groups in total. The molecule has 0 radical (unpaired) electrons. The van der Waals surface area contributed by atoms with Gasteiger partial charge in [0, 0.05) is 0 Å². The molecule has 0 spiro atoms. The van der Waals surface area contributed by atoms with E-state index in [1.165, 1.54) is 32.1 Å². The predicted octanol–water partition coefficient (Wildman–Crippen LogP) is 5.91. The van der Waals surface area contributed by atoms with Crippen LogP contribution in [-0.4, -0.2) is 0 Å². The van der Waals surface area contributed by atoms with Crippen LogP contribution in [0.5, 0.6) is 0 Å². The molecule has 0 fully saturated rings. The van der Waals surface area contributed by atoms with Crippen LogP contribution in [0.4, 0.5) is 0 Å². The fourth-order valence-electron chi connectivity index (χ4n) is 2.98. The first-order chi connectivity index (χ1) is 7.30. The Hall–Kier alpha value is 0. The molecule has 0 rings (SSSR count). The van der Waals surface area contributed by atoms with Crippen LogP contribution >= 0.6 is 0 Å². The molecule has 0 amide bonds. The third kappa shape index (κ3) is 7.30. The van der Waals surface area contributed by atoms with Crippen LogP contribution in [0.2, 0.25) is 0 Å². The van der Waals surface area contributed by atoms with Crippen LogP contribution in [-0.2, 0) is 0 Å². The summed E-state index contributed by atoms with van der Waals surface area (Å²) in [6, 6.07) is 0. The van der Waals surface area contributed by atoms with Crippen molar-refractivity contribution in [3.63, 3.8) is 0 Å². The topological polar surface area (TPSA) is 0 Å². The van der Waals surface area contributed by atoms with E-state index in [9.17, 15) is 0 Å². The number of hydrogen-bond acceptors (Lipinski definition) is 0. The van der Waals surface area contributed by atoms with Gasteiger partial charge in [-0.25, -0.2) is 0 Å². The summed E-state index contributed by atoms with van der Waals surface area (Å²) in [5.41, 5.74) is 0.492. The molecule has 16 heavy (non-hydrogen) atoms. The molecule has 0 aromatic carbocycles. The largest absolute Gasteiger partial charge is 0.0654 e. The molecule has 0 aromatic rings. The summed E-state index contributed by atoms with van der Waals surface area (Å²) < 4.78 is 0. The molecule has 0 nitrogen and oxygen atoms in total. The first-order valence-corrected chi connectivity index (χ1v) is 7.30. The fraction of sp³-hybridized carbons (Fsp3) is 1.00. The summed E-state index contributed by atoms with van der Waals surface area (Å²) in [5, 5.41) is 0. The van der Waals surface area contributed by atoms with Crippen LogP contribution < -0.4 is 0 Å². The lowest BCUT2D eigenvalue weighted by atomic mass is 9.77. The summed E-state index contributed by atoms with van der Waals surface area (Å²) in [6.07, 6.45) is 6.90. The van der Waals surface area contributed by atoms with E-state index >= 15 is 0 Å². The molecule has 3 atom stereocenters. The maximum Gasteiger partial charge on any atom is -0.0380 e. The standard InChI is InChI=1S/C16H34/c1-8-10-15(14(4)9-2)11-13(3)12-16(5,6)7/h13-15H,8-12H2,1-7H3. The zero-order chi connectivity index (χ0) is 12.8. The maximum atomic E-state index is 2.44. The Morgan fingerprint density at radius 2 is 1.56 bits per heavy atom. The van der Waals surface area contributed by atoms with Crippen LogP contribution in [0.1, 0.15) is 80.6 Å². The Balaban J connectivity index is 4.17. The summed E-state index contributed by atoms with van der Waals surface area (Å²) >= 11 is 0. The van der Waals surface area contributed by atoms with Gasteiger partial charge in [-0.15, -0.1) is 0 Å². The Kier molecular flexibility index (Phi) is 7.35. The highest BCUT2D eigenvalue weighted by Gasteiger charge is 2.21. The minimum Gasteiger partial charge on any atom is -0.0654 e. The highest BCUT2D eigenvalue weighted by Crippen LogP contribution is 2.33. The fourth-order valence-corrected chi connectivity index (χ4v) is 2.98. The quantitative estimate of drug-likeness (QED) is 0.506. The summed E-state index contributed by atoms with van der Waals surface area (Å²) in [5.74, 6) is 2.74. The second-order valence-electron chi connectivity index (χ2n) is 7.04. The summed E-state index contributed by atoms with van der Waals surface area (Å²) in [6.45, 7) is 16.6. The van der Waals surface area contributed by atoms with Crippen molar-refractivity contribution < 1.29 is 0 Å². The van der Waals surface area contributed by atoms with Gasteiger partial charge in [-0.05, 0) is 36.0 Å². The molecule has 0 heterocycles. The van der Waals surface area contributed by atoms with Gasteiger partial charge in [0.2, 0.25) is 0 Å². The van der Waals surface area contributed by atoms with E-state index in [1.54, 1.807) is 0 Å². The van der Waals surface area contributed by atoms with Gasteiger partial charge in [0.25, 0.3) is 0 Å². The van der Waals surface area contributed by atoms with E-state index in [4.69, 9.17) is 0 Å². The molecular formula is C16H34. The van der Waals surface area contributed by atoms with Crippen LogP contribution in [0.15, 0.2) is 0 Å². The van der Waals surface area contributed by atoms with E-state index in [0.29, 0.717) is 5.41 Å². The molecule has 0 heteroatoms. The lowest BCUT2D eigenvalue weighted by Crippen LogP contribution is -2.18. The Labute approximate surface area is 104 Å². The molecule has 0 aliphatic carbocycles. The van der Waals surface area contributed by atoms with Gasteiger partial charge >= 0.3 is 0 Å². The van der Waals surface area contributed by atoms with Crippen molar-refractivity contribution in [2.24, 2.45) is 23.2 Å². The van der Waals surface area contributed by atoms with E-state index < -0.39 is 0 Å². The van der Waals surface area contributed by atoms with Gasteiger partial charge in [0.15, 0.2) is 0 Å². The maximum absolute atomic E-state index is 2.44. The van der Waals surface area contributed by atoms with Crippen molar-refractivity contribution >= 4 is 0 Å². The van der Waals surface area contributed by atoms with Crippen LogP contribution in [0.3, 0.4) is 0 Å². The zero-order valence-corrected chi connectivity index (χ0v) is 12.8. The van der Waals surface area contributed by atoms with Gasteiger partial charge in [-0.2, -0.15) is 0 Å². The summed E-state index contributed by atoms with van der Waals surface area (Å²) in [7, 11) is 0. The van der Waals surface area contributed by atoms with Crippen molar-refractivity contribution in [1.82, 2.24) is 0 Å². The van der Waals surface area contributed by atoms with Crippen LogP contribution in [0.25, 0.3) is 0 Å². The Bertz CT molecular complexity index is 163. The lowest BCUT2D eigenvalue weighted by molar-refractivity contribution is 0.220. The lowest BCUT2D eigenvalue weighted by Gasteiger charge is -2.29. The Morgan fingerprint density at radius 1 is 1.00 bits per heavy atom.